The van der Waals surface area contributed by atoms with E-state index in [4.69, 9.17) is 19.4 Å². The van der Waals surface area contributed by atoms with Gasteiger partial charge in [-0.3, -0.25) is 14.8 Å². The van der Waals surface area contributed by atoms with Gasteiger partial charge in [-0.05, 0) is 68.4 Å². The van der Waals surface area contributed by atoms with Crippen LogP contribution in [0.1, 0.15) is 94.0 Å². The molecule has 0 aromatic carbocycles. The summed E-state index contributed by atoms with van der Waals surface area (Å²) in [6, 6.07) is 0.569. The van der Waals surface area contributed by atoms with Crippen LogP contribution in [-0.2, 0) is 21.3 Å². The number of hydrogen-bond donors (Lipinski definition) is 1. The SMILES string of the molecule is CC(C)(C)N[C@H]1CCN(CCOC(C)(C)Cc2nc(N3CCN(CCOC(C)(C)C)CC3)cnc2C(C)(C)C)C1. The molecule has 3 heterocycles. The third kappa shape index (κ3) is 11.2. The van der Waals surface area contributed by atoms with E-state index in [0.29, 0.717) is 6.04 Å². The van der Waals surface area contributed by atoms with Gasteiger partial charge in [0.15, 0.2) is 0 Å². The summed E-state index contributed by atoms with van der Waals surface area (Å²) >= 11 is 0. The molecule has 1 aromatic rings. The minimum Gasteiger partial charge on any atom is -0.375 e. The maximum atomic E-state index is 6.50. The molecule has 1 aromatic heterocycles. The molecule has 8 heteroatoms. The van der Waals surface area contributed by atoms with Crippen LogP contribution in [0.25, 0.3) is 0 Å². The van der Waals surface area contributed by atoms with Crippen molar-refractivity contribution < 1.29 is 9.47 Å². The molecule has 2 fully saturated rings. The molecule has 0 bridgehead atoms. The Hall–Kier alpha value is -1.32. The van der Waals surface area contributed by atoms with E-state index in [1.165, 1.54) is 6.42 Å². The Kier molecular flexibility index (Phi) is 11.1. The summed E-state index contributed by atoms with van der Waals surface area (Å²) < 4.78 is 12.4. The Labute approximate surface area is 245 Å². The third-order valence-electron chi connectivity index (χ3n) is 7.58. The average Bonchev–Trinajstić information content (AvgIpc) is 3.22. The van der Waals surface area contributed by atoms with Crippen LogP contribution >= 0.6 is 0 Å². The molecule has 3 rings (SSSR count). The van der Waals surface area contributed by atoms with Crippen molar-refractivity contribution in [1.82, 2.24) is 25.1 Å². The summed E-state index contributed by atoms with van der Waals surface area (Å²) in [6.07, 6.45) is 3.93. The van der Waals surface area contributed by atoms with E-state index < -0.39 is 0 Å². The first-order valence-electron chi connectivity index (χ1n) is 15.5. The summed E-state index contributed by atoms with van der Waals surface area (Å²) in [6.45, 7) is 33.8. The Balaban J connectivity index is 1.56. The second-order valence-corrected chi connectivity index (χ2v) is 15.5. The van der Waals surface area contributed by atoms with Crippen molar-refractivity contribution in [3.8, 4) is 0 Å². The van der Waals surface area contributed by atoms with Gasteiger partial charge in [-0.1, -0.05) is 20.8 Å². The monoisotopic (exact) mass is 560 g/mol. The molecular weight excluding hydrogens is 500 g/mol. The fourth-order valence-corrected chi connectivity index (χ4v) is 5.67. The number of anilines is 1. The second kappa shape index (κ2) is 13.3. The van der Waals surface area contributed by atoms with Gasteiger partial charge in [0.25, 0.3) is 0 Å². The minimum atomic E-state index is -0.318. The Bertz CT molecular complexity index is 923. The maximum Gasteiger partial charge on any atom is 0.147 e. The van der Waals surface area contributed by atoms with Gasteiger partial charge in [0.1, 0.15) is 5.82 Å². The highest BCUT2D eigenvalue weighted by Crippen LogP contribution is 2.29. The molecule has 0 amide bonds. The number of hydrogen-bond acceptors (Lipinski definition) is 8. The zero-order valence-electron chi connectivity index (χ0n) is 27.7. The van der Waals surface area contributed by atoms with Crippen molar-refractivity contribution in [3.05, 3.63) is 17.6 Å². The Morgan fingerprint density at radius 2 is 1.45 bits per heavy atom. The molecule has 0 spiro atoms. The normalized spacial score (nSPS) is 20.5. The van der Waals surface area contributed by atoms with E-state index in [9.17, 15) is 0 Å². The van der Waals surface area contributed by atoms with Crippen LogP contribution in [0.15, 0.2) is 6.20 Å². The summed E-state index contributed by atoms with van der Waals surface area (Å²) in [5.41, 5.74) is 1.82. The second-order valence-electron chi connectivity index (χ2n) is 15.5. The molecule has 230 valence electrons. The van der Waals surface area contributed by atoms with Crippen LogP contribution in [-0.4, -0.2) is 108 Å². The molecule has 1 N–H and O–H groups in total. The molecule has 0 saturated carbocycles. The molecule has 0 aliphatic carbocycles. The number of rotatable bonds is 11. The van der Waals surface area contributed by atoms with Gasteiger partial charge in [-0.15, -0.1) is 0 Å². The average molecular weight is 561 g/mol. The van der Waals surface area contributed by atoms with Gasteiger partial charge in [0.2, 0.25) is 0 Å². The van der Waals surface area contributed by atoms with Crippen molar-refractivity contribution in [2.24, 2.45) is 0 Å². The van der Waals surface area contributed by atoms with Crippen molar-refractivity contribution >= 4 is 5.82 Å². The van der Waals surface area contributed by atoms with Crippen molar-refractivity contribution in [2.45, 2.75) is 117 Å². The number of nitrogens with zero attached hydrogens (tertiary/aromatic N) is 5. The zero-order chi connectivity index (χ0) is 29.8. The lowest BCUT2D eigenvalue weighted by Gasteiger charge is -2.36. The highest BCUT2D eigenvalue weighted by Gasteiger charge is 2.30. The van der Waals surface area contributed by atoms with Crippen molar-refractivity contribution in [1.29, 1.82) is 0 Å². The van der Waals surface area contributed by atoms with Gasteiger partial charge in [-0.2, -0.15) is 0 Å². The largest absolute Gasteiger partial charge is 0.375 e. The molecular formula is C32H60N6O2. The molecule has 2 aliphatic rings. The summed E-state index contributed by atoms with van der Waals surface area (Å²) in [4.78, 5) is 17.6. The first kappa shape index (κ1) is 33.2. The quantitative estimate of drug-likeness (QED) is 0.424. The Morgan fingerprint density at radius 3 is 2.05 bits per heavy atom. The summed E-state index contributed by atoms with van der Waals surface area (Å²) in [7, 11) is 0. The number of likely N-dealkylation sites (tertiary alicyclic amines) is 1. The van der Waals surface area contributed by atoms with E-state index in [0.717, 1.165) is 89.2 Å². The van der Waals surface area contributed by atoms with Gasteiger partial charge < -0.3 is 19.7 Å². The van der Waals surface area contributed by atoms with Gasteiger partial charge in [0, 0.05) is 69.2 Å². The van der Waals surface area contributed by atoms with E-state index in [1.54, 1.807) is 0 Å². The summed E-state index contributed by atoms with van der Waals surface area (Å²) in [5, 5.41) is 3.75. The number of ether oxygens (including phenoxy) is 2. The lowest BCUT2D eigenvalue weighted by molar-refractivity contribution is -0.0251. The number of piperazine rings is 1. The van der Waals surface area contributed by atoms with Crippen LogP contribution < -0.4 is 10.2 Å². The standard InChI is InChI=1S/C32H60N6O2/c1-29(2,3)28-26(22-32(10,11)40-21-19-37-13-12-25(24-37)35-30(4,5)6)34-27(23-33-28)38-16-14-36(15-17-38)18-20-39-31(7,8)9/h23,25,35H,12-22,24H2,1-11H3/t25-/m0/s1. The van der Waals surface area contributed by atoms with E-state index in [1.807, 2.05) is 6.20 Å². The topological polar surface area (TPSA) is 66.0 Å². The molecule has 2 aliphatic heterocycles. The molecule has 0 radical (unpaired) electrons. The first-order valence-corrected chi connectivity index (χ1v) is 15.5. The van der Waals surface area contributed by atoms with Crippen LogP contribution in [0.3, 0.4) is 0 Å². The molecule has 0 unspecified atom stereocenters. The van der Waals surface area contributed by atoms with Crippen molar-refractivity contribution in [2.75, 3.05) is 70.5 Å². The van der Waals surface area contributed by atoms with Crippen LogP contribution in [0, 0.1) is 0 Å². The molecule has 40 heavy (non-hydrogen) atoms. The zero-order valence-corrected chi connectivity index (χ0v) is 27.7. The minimum absolute atomic E-state index is 0.0761. The van der Waals surface area contributed by atoms with Crippen LogP contribution in [0.2, 0.25) is 0 Å². The lowest BCUT2D eigenvalue weighted by Crippen LogP contribution is -2.48. The smallest absolute Gasteiger partial charge is 0.147 e. The third-order valence-corrected chi connectivity index (χ3v) is 7.58. The predicted molar refractivity (Wildman–Crippen MR) is 167 cm³/mol. The van der Waals surface area contributed by atoms with E-state index >= 15 is 0 Å². The molecule has 1 atom stereocenters. The first-order chi connectivity index (χ1) is 18.4. The van der Waals surface area contributed by atoms with Crippen LogP contribution in [0.5, 0.6) is 0 Å². The van der Waals surface area contributed by atoms with Crippen LogP contribution in [0.4, 0.5) is 5.82 Å². The fraction of sp³-hybridized carbons (Fsp3) is 0.875. The van der Waals surface area contributed by atoms with E-state index in [2.05, 4.69) is 96.2 Å². The van der Waals surface area contributed by atoms with Gasteiger partial charge >= 0.3 is 0 Å². The number of nitrogens with one attached hydrogen (secondary N) is 1. The molecule has 2 saturated heterocycles. The highest BCUT2D eigenvalue weighted by molar-refractivity contribution is 5.40. The Morgan fingerprint density at radius 1 is 0.825 bits per heavy atom. The summed E-state index contributed by atoms with van der Waals surface area (Å²) in [5.74, 6) is 0.985. The number of aromatic nitrogens is 2. The highest BCUT2D eigenvalue weighted by atomic mass is 16.5. The van der Waals surface area contributed by atoms with E-state index in [-0.39, 0.29) is 22.2 Å². The lowest BCUT2D eigenvalue weighted by atomic mass is 9.87. The van der Waals surface area contributed by atoms with Gasteiger partial charge in [-0.25, -0.2) is 4.98 Å². The molecule has 8 nitrogen and oxygen atoms in total. The predicted octanol–water partition coefficient (Wildman–Crippen LogP) is 4.51. The fourth-order valence-electron chi connectivity index (χ4n) is 5.67. The maximum absolute atomic E-state index is 6.50. The van der Waals surface area contributed by atoms with Gasteiger partial charge in [0.05, 0.1) is 42.0 Å². The van der Waals surface area contributed by atoms with Crippen molar-refractivity contribution in [3.63, 3.8) is 0 Å².